The Bertz CT molecular complexity index is 1720. The van der Waals surface area contributed by atoms with Gasteiger partial charge in [0.05, 0.1) is 28.9 Å². The highest BCUT2D eigenvalue weighted by Gasteiger charge is 2.32. The highest BCUT2D eigenvalue weighted by Crippen LogP contribution is 2.31. The third-order valence-electron chi connectivity index (χ3n) is 6.59. The number of benzene rings is 3. The molecule has 4 aromatic rings. The lowest BCUT2D eigenvalue weighted by atomic mass is 10.0. The zero-order valence-corrected chi connectivity index (χ0v) is 22.6. The fourth-order valence-corrected chi connectivity index (χ4v) is 6.22. The van der Waals surface area contributed by atoms with Crippen molar-refractivity contribution in [1.29, 1.82) is 0 Å². The van der Waals surface area contributed by atoms with E-state index in [-0.39, 0.29) is 54.4 Å². The van der Waals surface area contributed by atoms with Crippen molar-refractivity contribution in [2.75, 3.05) is 31.1 Å². The predicted octanol–water partition coefficient (Wildman–Crippen LogP) is 4.73. The van der Waals surface area contributed by atoms with Crippen molar-refractivity contribution >= 4 is 15.7 Å². The minimum absolute atomic E-state index is 0.00572. The van der Waals surface area contributed by atoms with E-state index in [1.54, 1.807) is 35.2 Å². The fourth-order valence-electron chi connectivity index (χ4n) is 4.71. The van der Waals surface area contributed by atoms with Crippen LogP contribution in [0.15, 0.2) is 83.8 Å². The number of hydrogen-bond acceptors (Lipinski definition) is 6. The third-order valence-corrected chi connectivity index (χ3v) is 8.44. The van der Waals surface area contributed by atoms with Gasteiger partial charge in [-0.15, -0.1) is 13.2 Å². The first-order chi connectivity index (χ1) is 19.9. The SMILES string of the molecule is O=c1c(-c2ccc(OC(F)(F)F)cc2)c(N2CCN(S(=O)(=O)Cc3ccccc3)CC2)cnn1-c1cc(F)cc(F)c1. The molecule has 3 aromatic carbocycles. The van der Waals surface area contributed by atoms with Crippen LogP contribution in [0, 0.1) is 11.6 Å². The van der Waals surface area contributed by atoms with Gasteiger partial charge in [-0.1, -0.05) is 42.5 Å². The molecule has 0 spiro atoms. The molecule has 1 saturated heterocycles. The van der Waals surface area contributed by atoms with Gasteiger partial charge in [0, 0.05) is 32.2 Å². The number of rotatable bonds is 7. The number of anilines is 1. The maximum Gasteiger partial charge on any atom is 0.573 e. The summed E-state index contributed by atoms with van der Waals surface area (Å²) >= 11 is 0. The van der Waals surface area contributed by atoms with E-state index in [9.17, 15) is 35.2 Å². The summed E-state index contributed by atoms with van der Waals surface area (Å²) in [6, 6.07) is 15.8. The van der Waals surface area contributed by atoms with Crippen LogP contribution in [-0.4, -0.2) is 55.0 Å². The molecule has 5 rings (SSSR count). The molecule has 0 bridgehead atoms. The Morgan fingerprint density at radius 1 is 0.857 bits per heavy atom. The second-order valence-electron chi connectivity index (χ2n) is 9.45. The van der Waals surface area contributed by atoms with Crippen molar-refractivity contribution in [3.05, 3.63) is 107 Å². The number of piperazine rings is 1. The van der Waals surface area contributed by atoms with Crippen molar-refractivity contribution in [1.82, 2.24) is 14.1 Å². The Hall–Kier alpha value is -4.30. The molecule has 1 aliphatic rings. The van der Waals surface area contributed by atoms with Crippen molar-refractivity contribution in [2.24, 2.45) is 0 Å². The molecule has 2 heterocycles. The monoisotopic (exact) mass is 606 g/mol. The van der Waals surface area contributed by atoms with E-state index >= 15 is 0 Å². The van der Waals surface area contributed by atoms with Crippen molar-refractivity contribution in [2.45, 2.75) is 12.1 Å². The molecular formula is C28H23F5N4O4S. The first-order valence-electron chi connectivity index (χ1n) is 12.6. The summed E-state index contributed by atoms with van der Waals surface area (Å²) in [7, 11) is -3.63. The highest BCUT2D eigenvalue weighted by atomic mass is 32.2. The molecule has 0 amide bonds. The number of hydrogen-bond donors (Lipinski definition) is 0. The number of sulfonamides is 1. The van der Waals surface area contributed by atoms with Crippen molar-refractivity contribution < 1.29 is 35.1 Å². The first-order valence-corrected chi connectivity index (χ1v) is 14.2. The molecular weight excluding hydrogens is 583 g/mol. The Morgan fingerprint density at radius 3 is 2.07 bits per heavy atom. The summed E-state index contributed by atoms with van der Waals surface area (Å²) < 4.78 is 98.0. The van der Waals surface area contributed by atoms with Gasteiger partial charge in [-0.3, -0.25) is 4.79 Å². The molecule has 0 unspecified atom stereocenters. The van der Waals surface area contributed by atoms with E-state index in [1.807, 2.05) is 0 Å². The molecule has 0 N–H and O–H groups in total. The fraction of sp³-hybridized carbons (Fsp3) is 0.214. The van der Waals surface area contributed by atoms with Crippen LogP contribution in [0.2, 0.25) is 0 Å². The van der Waals surface area contributed by atoms with Gasteiger partial charge in [0.2, 0.25) is 10.0 Å². The van der Waals surface area contributed by atoms with E-state index in [2.05, 4.69) is 9.84 Å². The van der Waals surface area contributed by atoms with Crippen LogP contribution in [0.5, 0.6) is 5.75 Å². The Labute approximate surface area is 237 Å². The number of nitrogens with zero attached hydrogens (tertiary/aromatic N) is 4. The summed E-state index contributed by atoms with van der Waals surface area (Å²) in [5.74, 6) is -2.56. The van der Waals surface area contributed by atoms with Crippen molar-refractivity contribution in [3.63, 3.8) is 0 Å². The Balaban J connectivity index is 1.48. The topological polar surface area (TPSA) is 84.7 Å². The maximum absolute atomic E-state index is 13.9. The molecule has 1 aliphatic heterocycles. The standard InChI is InChI=1S/C28H23F5N4O4S/c29-21-14-22(30)16-23(15-21)37-27(38)26(20-6-8-24(9-7-20)41-28(31,32)33)25(17-34-37)35-10-12-36(13-11-35)42(39,40)18-19-4-2-1-3-5-19/h1-9,14-17H,10-13,18H2. The molecule has 0 radical (unpaired) electrons. The van der Waals surface area contributed by atoms with Gasteiger partial charge in [0.1, 0.15) is 17.4 Å². The van der Waals surface area contributed by atoms with Crippen LogP contribution in [0.25, 0.3) is 16.8 Å². The van der Waals surface area contributed by atoms with Gasteiger partial charge in [0.15, 0.2) is 0 Å². The van der Waals surface area contributed by atoms with Gasteiger partial charge in [-0.25, -0.2) is 17.2 Å². The predicted molar refractivity (Wildman–Crippen MR) is 145 cm³/mol. The Morgan fingerprint density at radius 2 is 1.48 bits per heavy atom. The minimum atomic E-state index is -4.92. The lowest BCUT2D eigenvalue weighted by molar-refractivity contribution is -0.274. The van der Waals surface area contributed by atoms with Crippen LogP contribution in [-0.2, 0) is 15.8 Å². The summed E-state index contributed by atoms with van der Waals surface area (Å²) in [6.45, 7) is 0.558. The second kappa shape index (κ2) is 11.5. The quantitative estimate of drug-likeness (QED) is 0.283. The average molecular weight is 607 g/mol. The molecule has 0 aliphatic carbocycles. The maximum atomic E-state index is 13.9. The van der Waals surface area contributed by atoms with Gasteiger partial charge in [-0.2, -0.15) is 14.1 Å². The normalized spacial score (nSPS) is 14.6. The van der Waals surface area contributed by atoms with Crippen LogP contribution >= 0.6 is 0 Å². The van der Waals surface area contributed by atoms with Crippen LogP contribution < -0.4 is 15.2 Å². The zero-order chi connectivity index (χ0) is 30.1. The first kappa shape index (κ1) is 29.2. The molecule has 0 saturated carbocycles. The molecule has 0 atom stereocenters. The van der Waals surface area contributed by atoms with Crippen LogP contribution in [0.3, 0.4) is 0 Å². The van der Waals surface area contributed by atoms with Gasteiger partial charge >= 0.3 is 6.36 Å². The van der Waals surface area contributed by atoms with E-state index in [0.29, 0.717) is 11.6 Å². The smallest absolute Gasteiger partial charge is 0.406 e. The summed E-state index contributed by atoms with van der Waals surface area (Å²) in [4.78, 5) is 15.4. The largest absolute Gasteiger partial charge is 0.573 e. The number of alkyl halides is 3. The average Bonchev–Trinajstić information content (AvgIpc) is 2.92. The van der Waals surface area contributed by atoms with Crippen molar-refractivity contribution in [3.8, 4) is 22.6 Å². The highest BCUT2D eigenvalue weighted by molar-refractivity contribution is 7.88. The summed E-state index contributed by atoms with van der Waals surface area (Å²) in [5, 5.41) is 4.11. The van der Waals surface area contributed by atoms with E-state index in [0.717, 1.165) is 28.9 Å². The zero-order valence-electron chi connectivity index (χ0n) is 21.8. The lowest BCUT2D eigenvalue weighted by Crippen LogP contribution is -2.49. The molecule has 14 heteroatoms. The van der Waals surface area contributed by atoms with Crippen LogP contribution in [0.1, 0.15) is 5.56 Å². The van der Waals surface area contributed by atoms with Gasteiger partial charge < -0.3 is 9.64 Å². The van der Waals surface area contributed by atoms with Gasteiger partial charge in [0.25, 0.3) is 5.56 Å². The van der Waals surface area contributed by atoms with Crippen LogP contribution in [0.4, 0.5) is 27.6 Å². The second-order valence-corrected chi connectivity index (χ2v) is 11.4. The number of aromatic nitrogens is 2. The lowest BCUT2D eigenvalue weighted by Gasteiger charge is -2.36. The van der Waals surface area contributed by atoms with E-state index in [1.165, 1.54) is 22.6 Å². The minimum Gasteiger partial charge on any atom is -0.406 e. The summed E-state index contributed by atoms with van der Waals surface area (Å²) in [5.41, 5.74) is 0.116. The Kier molecular flexibility index (Phi) is 8.01. The molecule has 8 nitrogen and oxygen atoms in total. The molecule has 220 valence electrons. The summed E-state index contributed by atoms with van der Waals surface area (Å²) in [6.07, 6.45) is -3.62. The van der Waals surface area contributed by atoms with E-state index in [4.69, 9.17) is 0 Å². The molecule has 1 fully saturated rings. The number of ether oxygens (including phenoxy) is 1. The third kappa shape index (κ3) is 6.60. The molecule has 1 aromatic heterocycles. The van der Waals surface area contributed by atoms with E-state index < -0.39 is 39.3 Å². The van der Waals surface area contributed by atoms with Gasteiger partial charge in [-0.05, 0) is 35.4 Å². The number of halogens is 5. The molecule has 42 heavy (non-hydrogen) atoms.